The number of allylic oxidation sites excluding steroid dienone is 2. The van der Waals surface area contributed by atoms with E-state index in [4.69, 9.17) is 27.9 Å². The number of para-hydroxylation sites is 2. The molecule has 17 heteroatoms. The van der Waals surface area contributed by atoms with Crippen molar-refractivity contribution in [3.05, 3.63) is 144 Å². The Morgan fingerprint density at radius 1 is 0.963 bits per heavy atom. The van der Waals surface area contributed by atoms with Crippen LogP contribution in [0.5, 0.6) is 11.5 Å². The van der Waals surface area contributed by atoms with Crippen molar-refractivity contribution in [3.63, 3.8) is 0 Å². The predicted octanol–water partition coefficient (Wildman–Crippen LogP) is 5.85. The fourth-order valence-electron chi connectivity index (χ4n) is 8.12. The van der Waals surface area contributed by atoms with Crippen LogP contribution in [0.1, 0.15) is 35.1 Å². The second kappa shape index (κ2) is 12.7. The molecule has 1 aliphatic carbocycles. The highest BCUT2D eigenvalue weighted by Crippen LogP contribution is 2.63. The van der Waals surface area contributed by atoms with Gasteiger partial charge in [0.25, 0.3) is 11.8 Å². The molecule has 12 nitrogen and oxygen atoms in total. The van der Waals surface area contributed by atoms with Crippen LogP contribution in [0.25, 0.3) is 5.69 Å². The van der Waals surface area contributed by atoms with Crippen LogP contribution in [-0.4, -0.2) is 48.0 Å². The Bertz CT molecular complexity index is 2520. The lowest BCUT2D eigenvalue weighted by molar-refractivity contribution is -0.139. The predicted molar refractivity (Wildman–Crippen MR) is 190 cm³/mol. The molecule has 0 unspecified atom stereocenters. The lowest BCUT2D eigenvalue weighted by Crippen LogP contribution is -2.53. The van der Waals surface area contributed by atoms with Crippen LogP contribution in [0.3, 0.4) is 0 Å². The zero-order valence-corrected chi connectivity index (χ0v) is 29.4. The molecule has 4 heterocycles. The summed E-state index contributed by atoms with van der Waals surface area (Å²) in [4.78, 5) is 61.9. The molecule has 2 aliphatic heterocycles. The molecule has 1 saturated carbocycles. The van der Waals surface area contributed by atoms with Gasteiger partial charge < -0.3 is 9.84 Å². The minimum atomic E-state index is -4.77. The summed E-state index contributed by atoms with van der Waals surface area (Å²) >= 11 is 12.5. The lowest BCUT2D eigenvalue weighted by atomic mass is 9.53. The van der Waals surface area contributed by atoms with E-state index in [2.05, 4.69) is 10.4 Å². The molecule has 2 amide bonds. The first-order valence-corrected chi connectivity index (χ1v) is 17.2. The minimum absolute atomic E-state index is 0.0608. The molecular weight excluding hydrogens is 752 g/mol. The number of halogens is 5. The largest absolute Gasteiger partial charge is 0.504 e. The number of phenolic OH excluding ortho intramolecular Hbond substituents is 1. The number of benzene rings is 3. The van der Waals surface area contributed by atoms with Gasteiger partial charge in [-0.05, 0) is 54.0 Å². The van der Waals surface area contributed by atoms with Gasteiger partial charge in [-0.3, -0.25) is 15.0 Å². The summed E-state index contributed by atoms with van der Waals surface area (Å²) in [7, 11) is 1.35. The smallest absolute Gasteiger partial charge is 0.417 e. The third-order valence-electron chi connectivity index (χ3n) is 10.4. The number of methoxy groups -OCH3 is 1. The van der Waals surface area contributed by atoms with Gasteiger partial charge in [0.1, 0.15) is 0 Å². The van der Waals surface area contributed by atoms with Crippen molar-refractivity contribution in [2.45, 2.75) is 36.5 Å². The molecule has 2 aromatic heterocycles. The Morgan fingerprint density at radius 3 is 2.35 bits per heavy atom. The first kappa shape index (κ1) is 35.2. The number of aromatic hydroxyl groups is 1. The topological polar surface area (TPSA) is 141 Å². The SMILES string of the molecule is COc1cccc([C@H]2C3=CCn4c(=O)n(-c5ccccc5)c(=O)n4[C@@H]3C[C@H]3C(=O)N(Nc4ncc(C(F)(F)F)cc4Cl)C(=O)[C@@]23c2ccc(Cl)cc2)c1O. The van der Waals surface area contributed by atoms with Gasteiger partial charge in [-0.15, -0.1) is 0 Å². The Kier molecular flexibility index (Phi) is 8.26. The standard InChI is InChI=1S/C37H27Cl2F3N6O6/c1-54-28-9-5-8-24(30(28)49)29-23-14-15-45-34(52)46(22-6-3-2-4-7-22)35(53)48(45)27(23)17-25-32(50)47(33(51)36(25,29)19-10-12-21(38)13-11-19)44-31-26(39)16-20(18-43-31)37(40,41)42/h2-14,16,18,25,27,29,49H,15,17H2,1H3,(H,43,44)/t25-,27+,29+,36+/m0/s1. The van der Waals surface area contributed by atoms with Crippen molar-refractivity contribution in [1.29, 1.82) is 0 Å². The van der Waals surface area contributed by atoms with Crippen molar-refractivity contribution in [2.75, 3.05) is 12.5 Å². The third-order valence-corrected chi connectivity index (χ3v) is 10.9. The first-order chi connectivity index (χ1) is 25.8. The van der Waals surface area contributed by atoms with Crippen LogP contribution in [0, 0.1) is 5.92 Å². The van der Waals surface area contributed by atoms with Crippen LogP contribution in [-0.2, 0) is 27.7 Å². The van der Waals surface area contributed by atoms with E-state index in [-0.39, 0.29) is 30.0 Å². The van der Waals surface area contributed by atoms with Gasteiger partial charge in [-0.25, -0.2) is 28.5 Å². The molecule has 54 heavy (non-hydrogen) atoms. The fraction of sp³-hybridized carbons (Fsp3) is 0.216. The highest BCUT2D eigenvalue weighted by Gasteiger charge is 2.69. The number of imide groups is 1. The normalized spacial score (nSPS) is 22.0. The average Bonchev–Trinajstić information content (AvgIpc) is 3.53. The number of alkyl halides is 3. The molecule has 276 valence electrons. The molecule has 8 rings (SSSR count). The van der Waals surface area contributed by atoms with Crippen molar-refractivity contribution in [3.8, 4) is 17.2 Å². The molecule has 0 bridgehead atoms. The zero-order valence-electron chi connectivity index (χ0n) is 27.9. The average molecular weight is 780 g/mol. The number of pyridine rings is 1. The van der Waals surface area contributed by atoms with E-state index in [1.165, 1.54) is 34.7 Å². The summed E-state index contributed by atoms with van der Waals surface area (Å²) in [6.45, 7) is -0.0997. The van der Waals surface area contributed by atoms with Crippen LogP contribution in [0.2, 0.25) is 10.0 Å². The molecule has 2 N–H and O–H groups in total. The summed E-state index contributed by atoms with van der Waals surface area (Å²) in [5.74, 6) is -4.85. The summed E-state index contributed by atoms with van der Waals surface area (Å²) < 4.78 is 49.4. The maximum atomic E-state index is 15.3. The van der Waals surface area contributed by atoms with E-state index in [1.807, 2.05) is 0 Å². The third kappa shape index (κ3) is 5.09. The molecule has 0 radical (unpaired) electrons. The van der Waals surface area contributed by atoms with Gasteiger partial charge >= 0.3 is 17.6 Å². The van der Waals surface area contributed by atoms with Gasteiger partial charge in [-0.2, -0.15) is 18.2 Å². The first-order valence-electron chi connectivity index (χ1n) is 16.5. The molecule has 5 aromatic rings. The number of fused-ring (bicyclic) bond motifs is 4. The number of hydrogen-bond acceptors (Lipinski definition) is 8. The Hall–Kier alpha value is -5.80. The van der Waals surface area contributed by atoms with E-state index >= 15 is 4.79 Å². The maximum absolute atomic E-state index is 15.3. The molecule has 0 spiro atoms. The number of aromatic nitrogens is 4. The molecule has 1 saturated heterocycles. The van der Waals surface area contributed by atoms with Gasteiger partial charge in [0, 0.05) is 22.7 Å². The van der Waals surface area contributed by atoms with E-state index < -0.39 is 69.1 Å². The zero-order chi connectivity index (χ0) is 38.3. The number of nitrogens with zero attached hydrogens (tertiary/aromatic N) is 5. The van der Waals surface area contributed by atoms with Gasteiger partial charge in [0.15, 0.2) is 17.3 Å². The molecule has 4 atom stereocenters. The second-order valence-electron chi connectivity index (χ2n) is 13.0. The molecular formula is C37H27Cl2F3N6O6. The van der Waals surface area contributed by atoms with Crippen molar-refractivity contribution in [2.24, 2.45) is 5.92 Å². The highest BCUT2D eigenvalue weighted by molar-refractivity contribution is 6.33. The molecule has 2 fully saturated rings. The van der Waals surface area contributed by atoms with Gasteiger partial charge in [0.05, 0.1) is 47.3 Å². The maximum Gasteiger partial charge on any atom is 0.417 e. The van der Waals surface area contributed by atoms with Gasteiger partial charge in [0.2, 0.25) is 0 Å². The number of hydrogen-bond donors (Lipinski definition) is 2. The quantitative estimate of drug-likeness (QED) is 0.162. The van der Waals surface area contributed by atoms with Crippen LogP contribution in [0.15, 0.2) is 106 Å². The molecule has 3 aliphatic rings. The minimum Gasteiger partial charge on any atom is -0.504 e. The number of hydrazine groups is 1. The van der Waals surface area contributed by atoms with E-state index in [9.17, 15) is 32.7 Å². The number of nitrogens with one attached hydrogen (secondary N) is 1. The molecule has 3 aromatic carbocycles. The number of carbonyl (C=O) groups is 2. The summed E-state index contributed by atoms with van der Waals surface area (Å²) in [5, 5.41) is 12.2. The van der Waals surface area contributed by atoms with Crippen LogP contribution >= 0.6 is 23.2 Å². The number of carbonyl (C=O) groups excluding carboxylic acids is 2. The highest BCUT2D eigenvalue weighted by atomic mass is 35.5. The van der Waals surface area contributed by atoms with Crippen LogP contribution < -0.4 is 21.5 Å². The second-order valence-corrected chi connectivity index (χ2v) is 13.9. The Balaban J connectivity index is 1.37. The van der Waals surface area contributed by atoms with E-state index in [1.54, 1.807) is 60.7 Å². The number of rotatable bonds is 6. The fourth-order valence-corrected chi connectivity index (χ4v) is 8.46. The number of amides is 2. The monoisotopic (exact) mass is 778 g/mol. The number of phenols is 1. The lowest BCUT2D eigenvalue weighted by Gasteiger charge is -2.49. The Morgan fingerprint density at radius 2 is 1.69 bits per heavy atom. The Labute approximate surface area is 313 Å². The van der Waals surface area contributed by atoms with Gasteiger partial charge in [-0.1, -0.05) is 71.7 Å². The number of anilines is 1. The summed E-state index contributed by atoms with van der Waals surface area (Å²) in [6, 6.07) is 18.8. The van der Waals surface area contributed by atoms with Crippen molar-refractivity contribution >= 4 is 40.8 Å². The van der Waals surface area contributed by atoms with Crippen molar-refractivity contribution < 1.29 is 32.6 Å². The number of ether oxygens (including phenoxy) is 1. The summed E-state index contributed by atoms with van der Waals surface area (Å²) in [5.41, 5.74) is -0.510. The summed E-state index contributed by atoms with van der Waals surface area (Å²) in [6.07, 6.45) is -2.73. The van der Waals surface area contributed by atoms with Crippen molar-refractivity contribution in [1.82, 2.24) is 23.9 Å². The van der Waals surface area contributed by atoms with Crippen LogP contribution in [0.4, 0.5) is 19.0 Å². The van der Waals surface area contributed by atoms with E-state index in [0.29, 0.717) is 39.1 Å². The van der Waals surface area contributed by atoms with E-state index in [0.717, 1.165) is 4.57 Å².